The van der Waals surface area contributed by atoms with Crippen LogP contribution in [0.2, 0.25) is 0 Å². The van der Waals surface area contributed by atoms with Crippen molar-refractivity contribution in [1.29, 1.82) is 0 Å². The second-order valence-corrected chi connectivity index (χ2v) is 7.79. The summed E-state index contributed by atoms with van der Waals surface area (Å²) in [5.41, 5.74) is 7.85. The number of rotatable bonds is 7. The summed E-state index contributed by atoms with van der Waals surface area (Å²) in [5, 5.41) is 0. The minimum absolute atomic E-state index is 0.103. The smallest absolute Gasteiger partial charge is 0.264 e. The molecule has 0 bridgehead atoms. The topological polar surface area (TPSA) is 97.4 Å². The number of sulfonamides is 1. The molecule has 2 aromatic rings. The summed E-state index contributed by atoms with van der Waals surface area (Å²) in [6, 6.07) is 12.0. The molecule has 0 atom stereocenters. The van der Waals surface area contributed by atoms with Crippen LogP contribution in [0.1, 0.15) is 11.3 Å². The third-order valence-electron chi connectivity index (χ3n) is 3.17. The van der Waals surface area contributed by atoms with Gasteiger partial charge in [0.15, 0.2) is 0 Å². The summed E-state index contributed by atoms with van der Waals surface area (Å²) >= 11 is 1.67. The highest BCUT2D eigenvalue weighted by Gasteiger charge is 2.13. The van der Waals surface area contributed by atoms with Crippen LogP contribution in [0.4, 0.5) is 0 Å². The van der Waals surface area contributed by atoms with Crippen LogP contribution in [0.3, 0.4) is 0 Å². The van der Waals surface area contributed by atoms with Crippen molar-refractivity contribution in [3.63, 3.8) is 0 Å². The normalized spacial score (nSPS) is 12.1. The summed E-state index contributed by atoms with van der Waals surface area (Å²) in [7, 11) is -3.67. The van der Waals surface area contributed by atoms with Gasteiger partial charge in [-0.05, 0) is 30.7 Å². The van der Waals surface area contributed by atoms with Gasteiger partial charge in [-0.15, -0.1) is 0 Å². The molecule has 2 rings (SSSR count). The van der Waals surface area contributed by atoms with Gasteiger partial charge in [0.1, 0.15) is 0 Å². The first-order valence-electron chi connectivity index (χ1n) is 7.35. The molecular formula is C16H20N4O2S2. The highest BCUT2D eigenvalue weighted by molar-refractivity contribution is 7.98. The summed E-state index contributed by atoms with van der Waals surface area (Å²) < 4.78 is 26.4. The SMILES string of the molecule is Cc1cccnc1CSCCN=C(N)NS(=O)(=O)c1ccccc1. The number of benzene rings is 1. The molecule has 6 nitrogen and oxygen atoms in total. The molecule has 8 heteroatoms. The second-order valence-electron chi connectivity index (χ2n) is 5.01. The van der Waals surface area contributed by atoms with E-state index >= 15 is 0 Å². The number of nitrogens with two attached hydrogens (primary N) is 1. The number of aryl methyl sites for hydroxylation is 1. The first-order chi connectivity index (χ1) is 11.5. The third kappa shape index (κ3) is 5.54. The Morgan fingerprint density at radius 3 is 2.71 bits per heavy atom. The molecule has 24 heavy (non-hydrogen) atoms. The summed E-state index contributed by atoms with van der Waals surface area (Å²) in [5.74, 6) is 1.41. The number of aromatic nitrogens is 1. The van der Waals surface area contributed by atoms with Gasteiger partial charge in [-0.2, -0.15) is 11.8 Å². The van der Waals surface area contributed by atoms with E-state index in [1.165, 1.54) is 12.1 Å². The van der Waals surface area contributed by atoms with Gasteiger partial charge in [0.2, 0.25) is 5.96 Å². The fourth-order valence-electron chi connectivity index (χ4n) is 1.90. The van der Waals surface area contributed by atoms with Crippen LogP contribution in [-0.2, 0) is 15.8 Å². The lowest BCUT2D eigenvalue weighted by Gasteiger charge is -2.07. The Morgan fingerprint density at radius 2 is 2.00 bits per heavy atom. The van der Waals surface area contributed by atoms with E-state index in [1.54, 1.807) is 36.2 Å². The molecular weight excluding hydrogens is 344 g/mol. The van der Waals surface area contributed by atoms with Crippen LogP contribution in [0.25, 0.3) is 0 Å². The highest BCUT2D eigenvalue weighted by Crippen LogP contribution is 2.13. The van der Waals surface area contributed by atoms with Crippen molar-refractivity contribution >= 4 is 27.7 Å². The molecule has 0 amide bonds. The van der Waals surface area contributed by atoms with E-state index in [1.807, 2.05) is 19.1 Å². The molecule has 0 fully saturated rings. The summed E-state index contributed by atoms with van der Waals surface area (Å²) in [6.45, 7) is 2.46. The molecule has 3 N–H and O–H groups in total. The molecule has 0 saturated heterocycles. The van der Waals surface area contributed by atoms with Crippen molar-refractivity contribution in [2.24, 2.45) is 10.7 Å². The number of aliphatic imine (C=N–C) groups is 1. The third-order valence-corrected chi connectivity index (χ3v) is 5.49. The molecule has 0 radical (unpaired) electrons. The number of pyridine rings is 1. The maximum Gasteiger partial charge on any atom is 0.264 e. The summed E-state index contributed by atoms with van der Waals surface area (Å²) in [4.78, 5) is 8.53. The van der Waals surface area contributed by atoms with E-state index in [-0.39, 0.29) is 10.9 Å². The summed E-state index contributed by atoms with van der Waals surface area (Å²) in [6.07, 6.45) is 1.78. The van der Waals surface area contributed by atoms with Gasteiger partial charge in [-0.3, -0.25) is 9.98 Å². The molecule has 0 spiro atoms. The number of nitrogens with zero attached hydrogens (tertiary/aromatic N) is 2. The molecule has 1 heterocycles. The van der Waals surface area contributed by atoms with Crippen molar-refractivity contribution in [3.8, 4) is 0 Å². The molecule has 0 saturated carbocycles. The molecule has 0 aliphatic carbocycles. The Hall–Kier alpha value is -2.06. The van der Waals surface area contributed by atoms with Crippen LogP contribution >= 0.6 is 11.8 Å². The Bertz CT molecular complexity index is 793. The highest BCUT2D eigenvalue weighted by atomic mass is 32.2. The number of hydrogen-bond acceptors (Lipinski definition) is 5. The van der Waals surface area contributed by atoms with Crippen molar-refractivity contribution < 1.29 is 8.42 Å². The lowest BCUT2D eigenvalue weighted by Crippen LogP contribution is -2.37. The standard InChI is InChI=1S/C16H20N4O2S2/c1-13-6-5-9-18-15(13)12-23-11-10-19-16(17)20-24(21,22)14-7-3-2-4-8-14/h2-9H,10-12H2,1H3,(H3,17,19,20). The van der Waals surface area contributed by atoms with E-state index in [4.69, 9.17) is 5.73 Å². The van der Waals surface area contributed by atoms with E-state index in [0.717, 1.165) is 22.8 Å². The Labute approximate surface area is 146 Å². The average Bonchev–Trinajstić information content (AvgIpc) is 2.56. The predicted octanol–water partition coefficient (Wildman–Crippen LogP) is 1.92. The number of guanidine groups is 1. The number of hydrogen-bond donors (Lipinski definition) is 2. The molecule has 1 aromatic heterocycles. The van der Waals surface area contributed by atoms with Crippen LogP contribution < -0.4 is 10.5 Å². The van der Waals surface area contributed by atoms with Crippen LogP contribution in [0.5, 0.6) is 0 Å². The Morgan fingerprint density at radius 1 is 1.25 bits per heavy atom. The fourth-order valence-corrected chi connectivity index (χ4v) is 3.73. The predicted molar refractivity (Wildman–Crippen MR) is 98.4 cm³/mol. The first-order valence-corrected chi connectivity index (χ1v) is 9.99. The lowest BCUT2D eigenvalue weighted by molar-refractivity contribution is 0.592. The van der Waals surface area contributed by atoms with Crippen molar-refractivity contribution in [1.82, 2.24) is 9.71 Å². The van der Waals surface area contributed by atoms with E-state index < -0.39 is 10.0 Å². The zero-order valence-corrected chi connectivity index (χ0v) is 15.0. The van der Waals surface area contributed by atoms with Gasteiger partial charge in [0.25, 0.3) is 10.0 Å². The average molecular weight is 364 g/mol. The molecule has 128 valence electrons. The second kappa shape index (κ2) is 8.70. The van der Waals surface area contributed by atoms with E-state index in [0.29, 0.717) is 6.54 Å². The molecule has 0 aliphatic rings. The van der Waals surface area contributed by atoms with E-state index in [9.17, 15) is 8.42 Å². The zero-order chi connectivity index (χ0) is 17.4. The quantitative estimate of drug-likeness (QED) is 0.444. The van der Waals surface area contributed by atoms with Gasteiger partial charge in [0, 0.05) is 17.7 Å². The van der Waals surface area contributed by atoms with Gasteiger partial charge in [0.05, 0.1) is 17.1 Å². The Balaban J connectivity index is 1.79. The van der Waals surface area contributed by atoms with Crippen molar-refractivity contribution in [2.75, 3.05) is 12.3 Å². The van der Waals surface area contributed by atoms with Crippen LogP contribution in [-0.4, -0.2) is 31.7 Å². The maximum absolute atomic E-state index is 12.1. The van der Waals surface area contributed by atoms with Gasteiger partial charge >= 0.3 is 0 Å². The van der Waals surface area contributed by atoms with Crippen LogP contribution in [0.15, 0.2) is 58.5 Å². The minimum atomic E-state index is -3.67. The monoisotopic (exact) mass is 364 g/mol. The minimum Gasteiger partial charge on any atom is -0.369 e. The van der Waals surface area contributed by atoms with Crippen molar-refractivity contribution in [2.45, 2.75) is 17.6 Å². The fraction of sp³-hybridized carbons (Fsp3) is 0.250. The van der Waals surface area contributed by atoms with E-state index in [2.05, 4.69) is 14.7 Å². The number of nitrogens with one attached hydrogen (secondary N) is 1. The molecule has 1 aromatic carbocycles. The molecule has 0 unspecified atom stereocenters. The lowest BCUT2D eigenvalue weighted by atomic mass is 10.2. The number of thioether (sulfide) groups is 1. The van der Waals surface area contributed by atoms with Gasteiger partial charge in [-0.1, -0.05) is 24.3 Å². The Kier molecular flexibility index (Phi) is 6.62. The first kappa shape index (κ1) is 18.3. The van der Waals surface area contributed by atoms with Gasteiger partial charge < -0.3 is 5.73 Å². The maximum atomic E-state index is 12.1. The molecule has 0 aliphatic heterocycles. The largest absolute Gasteiger partial charge is 0.369 e. The van der Waals surface area contributed by atoms with Crippen LogP contribution in [0, 0.1) is 6.92 Å². The van der Waals surface area contributed by atoms with Crippen molar-refractivity contribution in [3.05, 3.63) is 59.9 Å². The van der Waals surface area contributed by atoms with Gasteiger partial charge in [-0.25, -0.2) is 13.1 Å². The zero-order valence-electron chi connectivity index (χ0n) is 13.3.